The molecule has 0 spiro atoms. The normalized spacial score (nSPS) is 46.4. The summed E-state index contributed by atoms with van der Waals surface area (Å²) in [6.45, 7) is 0.0437. The van der Waals surface area contributed by atoms with Gasteiger partial charge in [-0.2, -0.15) is 0 Å². The molecule has 1 fully saturated rings. The zero-order valence-corrected chi connectivity index (χ0v) is 7.20. The Hall–Kier alpha value is -0.240. The number of hydrogen-bond donors (Lipinski definition) is 4. The van der Waals surface area contributed by atoms with Crippen LogP contribution in [0.15, 0.2) is 0 Å². The van der Waals surface area contributed by atoms with Gasteiger partial charge in [0.25, 0.3) is 0 Å². The van der Waals surface area contributed by atoms with Gasteiger partial charge < -0.3 is 29.9 Å². The van der Waals surface area contributed by atoms with E-state index < -0.39 is 30.7 Å². The lowest BCUT2D eigenvalue weighted by atomic mass is 9.99. The van der Waals surface area contributed by atoms with E-state index in [4.69, 9.17) is 19.7 Å². The lowest BCUT2D eigenvalue weighted by molar-refractivity contribution is -0.287. The summed E-state index contributed by atoms with van der Waals surface area (Å²) in [4.78, 5) is 0. The number of ether oxygens (including phenoxy) is 2. The number of hydrogen-bond acceptors (Lipinski definition) is 6. The number of rotatable bonds is 2. The molecule has 0 amide bonds. The van der Waals surface area contributed by atoms with E-state index >= 15 is 0 Å². The highest BCUT2D eigenvalue weighted by molar-refractivity contribution is 4.88. The van der Waals surface area contributed by atoms with E-state index in [1.165, 1.54) is 7.11 Å². The quantitative estimate of drug-likeness (QED) is 0.386. The summed E-state index contributed by atoms with van der Waals surface area (Å²) in [5, 5.41) is 36.7. The average Bonchev–Trinajstić information content (AvgIpc) is 2.11. The van der Waals surface area contributed by atoms with Gasteiger partial charge in [0, 0.05) is 7.11 Å². The smallest absolute Gasteiger partial charge is 0.184 e. The minimum absolute atomic E-state index is 0.0437. The van der Waals surface area contributed by atoms with Crippen molar-refractivity contribution in [3.63, 3.8) is 0 Å². The van der Waals surface area contributed by atoms with Crippen LogP contribution in [-0.4, -0.2) is 64.8 Å². The zero-order chi connectivity index (χ0) is 10.0. The molecule has 0 aromatic heterocycles. The lowest BCUT2D eigenvalue weighted by Gasteiger charge is -2.37. The van der Waals surface area contributed by atoms with Gasteiger partial charge in [-0.3, -0.25) is 0 Å². The van der Waals surface area contributed by atoms with Crippen LogP contribution < -0.4 is 0 Å². The van der Waals surface area contributed by atoms with Gasteiger partial charge in [-0.1, -0.05) is 0 Å². The maximum absolute atomic E-state index is 9.33. The zero-order valence-electron chi connectivity index (χ0n) is 7.20. The van der Waals surface area contributed by atoms with Crippen molar-refractivity contribution < 1.29 is 29.9 Å². The molecule has 1 heterocycles. The van der Waals surface area contributed by atoms with E-state index in [0.29, 0.717) is 0 Å². The topological polar surface area (TPSA) is 99.4 Å². The summed E-state index contributed by atoms with van der Waals surface area (Å²) in [5.74, 6) is 0. The van der Waals surface area contributed by atoms with E-state index in [2.05, 4.69) is 0 Å². The van der Waals surface area contributed by atoms with Crippen molar-refractivity contribution in [2.45, 2.75) is 30.7 Å². The first-order chi connectivity index (χ1) is 6.07. The van der Waals surface area contributed by atoms with Crippen LogP contribution in [0.3, 0.4) is 0 Å². The third-order valence-corrected chi connectivity index (χ3v) is 2.02. The highest BCUT2D eigenvalue weighted by Crippen LogP contribution is 2.19. The van der Waals surface area contributed by atoms with Crippen molar-refractivity contribution in [1.82, 2.24) is 0 Å². The predicted octanol–water partition coefficient (Wildman–Crippen LogP) is -2.57. The largest absolute Gasteiger partial charge is 0.387 e. The number of aliphatic hydroxyl groups is 4. The molecule has 0 aliphatic carbocycles. The second-order valence-corrected chi connectivity index (χ2v) is 2.99. The molecule has 1 saturated heterocycles. The van der Waals surface area contributed by atoms with Crippen LogP contribution in [0.5, 0.6) is 0 Å². The first-order valence-electron chi connectivity index (χ1n) is 3.94. The van der Waals surface area contributed by atoms with E-state index in [0.717, 1.165) is 0 Å². The van der Waals surface area contributed by atoms with Gasteiger partial charge in [0.15, 0.2) is 6.29 Å². The van der Waals surface area contributed by atoms with Crippen molar-refractivity contribution in [3.8, 4) is 0 Å². The van der Waals surface area contributed by atoms with Gasteiger partial charge in [0.05, 0.1) is 6.61 Å². The maximum Gasteiger partial charge on any atom is 0.184 e. The van der Waals surface area contributed by atoms with Crippen LogP contribution >= 0.6 is 0 Å². The Kier molecular flexibility index (Phi) is 3.60. The SMILES string of the molecule is COC[C@H]1O[C@@H](O)[C@@H](O)[C@H](O)[C@@H]1O. The maximum atomic E-state index is 9.33. The molecule has 0 aromatic carbocycles. The van der Waals surface area contributed by atoms with Gasteiger partial charge in [-0.15, -0.1) is 0 Å². The molecule has 13 heavy (non-hydrogen) atoms. The standard InChI is InChI=1S/C7H14O6/c1-12-2-3-4(8)5(9)6(10)7(11)13-3/h3-11H,2H2,1H3/t3-,4-,5-,6+,7-/m1/s1. The fourth-order valence-electron chi connectivity index (χ4n) is 1.23. The fraction of sp³-hybridized carbons (Fsp3) is 1.00. The highest BCUT2D eigenvalue weighted by atomic mass is 16.6. The van der Waals surface area contributed by atoms with Crippen LogP contribution in [0.1, 0.15) is 0 Å². The Morgan fingerprint density at radius 1 is 1.08 bits per heavy atom. The van der Waals surface area contributed by atoms with Crippen molar-refractivity contribution in [2.75, 3.05) is 13.7 Å². The van der Waals surface area contributed by atoms with Crippen LogP contribution in [0, 0.1) is 0 Å². The molecule has 6 heteroatoms. The highest BCUT2D eigenvalue weighted by Gasteiger charge is 2.42. The molecule has 6 nitrogen and oxygen atoms in total. The monoisotopic (exact) mass is 194 g/mol. The first kappa shape index (κ1) is 10.8. The second kappa shape index (κ2) is 4.32. The van der Waals surface area contributed by atoms with Crippen LogP contribution in [0.2, 0.25) is 0 Å². The van der Waals surface area contributed by atoms with Gasteiger partial charge in [0.1, 0.15) is 24.4 Å². The lowest BCUT2D eigenvalue weighted by Crippen LogP contribution is -2.58. The van der Waals surface area contributed by atoms with E-state index in [1.807, 2.05) is 0 Å². The number of aliphatic hydroxyl groups excluding tert-OH is 4. The Morgan fingerprint density at radius 3 is 2.23 bits per heavy atom. The molecule has 0 aromatic rings. The summed E-state index contributed by atoms with van der Waals surface area (Å²) < 4.78 is 9.49. The van der Waals surface area contributed by atoms with Crippen molar-refractivity contribution in [1.29, 1.82) is 0 Å². The van der Waals surface area contributed by atoms with Crippen molar-refractivity contribution in [2.24, 2.45) is 0 Å². The molecule has 5 atom stereocenters. The molecule has 1 rings (SSSR count). The summed E-state index contributed by atoms with van der Waals surface area (Å²) in [6.07, 6.45) is -6.46. The minimum atomic E-state index is -1.49. The Labute approximate surface area is 75.3 Å². The summed E-state index contributed by atoms with van der Waals surface area (Å²) in [6, 6.07) is 0. The molecule has 78 valence electrons. The molecular formula is C7H14O6. The Balaban J connectivity index is 2.59. The van der Waals surface area contributed by atoms with Gasteiger partial charge in [-0.05, 0) is 0 Å². The molecule has 0 radical (unpaired) electrons. The average molecular weight is 194 g/mol. The van der Waals surface area contributed by atoms with E-state index in [9.17, 15) is 10.2 Å². The summed E-state index contributed by atoms with van der Waals surface area (Å²) >= 11 is 0. The Bertz CT molecular complexity index is 163. The van der Waals surface area contributed by atoms with Gasteiger partial charge in [0.2, 0.25) is 0 Å². The van der Waals surface area contributed by atoms with Crippen molar-refractivity contribution in [3.05, 3.63) is 0 Å². The van der Waals surface area contributed by atoms with Gasteiger partial charge in [-0.25, -0.2) is 0 Å². The predicted molar refractivity (Wildman–Crippen MR) is 40.8 cm³/mol. The van der Waals surface area contributed by atoms with E-state index in [1.54, 1.807) is 0 Å². The number of methoxy groups -OCH3 is 1. The third-order valence-electron chi connectivity index (χ3n) is 2.02. The van der Waals surface area contributed by atoms with Crippen LogP contribution in [-0.2, 0) is 9.47 Å². The van der Waals surface area contributed by atoms with Crippen LogP contribution in [0.4, 0.5) is 0 Å². The Morgan fingerprint density at radius 2 is 1.69 bits per heavy atom. The summed E-state index contributed by atoms with van der Waals surface area (Å²) in [5.41, 5.74) is 0. The molecule has 1 aliphatic rings. The van der Waals surface area contributed by atoms with Crippen molar-refractivity contribution >= 4 is 0 Å². The minimum Gasteiger partial charge on any atom is -0.387 e. The first-order valence-corrected chi connectivity index (χ1v) is 3.94. The molecule has 1 aliphatic heterocycles. The molecule has 0 saturated carbocycles. The third kappa shape index (κ3) is 2.16. The molecule has 0 unspecified atom stereocenters. The molecule has 0 bridgehead atoms. The van der Waals surface area contributed by atoms with Crippen LogP contribution in [0.25, 0.3) is 0 Å². The molecule has 4 N–H and O–H groups in total. The van der Waals surface area contributed by atoms with Gasteiger partial charge >= 0.3 is 0 Å². The summed E-state index contributed by atoms with van der Waals surface area (Å²) in [7, 11) is 1.40. The second-order valence-electron chi connectivity index (χ2n) is 2.99. The molecular weight excluding hydrogens is 180 g/mol. The fourth-order valence-corrected chi connectivity index (χ4v) is 1.23. The van der Waals surface area contributed by atoms with E-state index in [-0.39, 0.29) is 6.61 Å².